The Bertz CT molecular complexity index is 549. The van der Waals surface area contributed by atoms with Crippen molar-refractivity contribution in [3.05, 3.63) is 54.0 Å². The number of carbonyl (C=O) groups excluding carboxylic acids is 1. The first kappa shape index (κ1) is 14.3. The molecule has 0 aliphatic carbocycles. The molecular weight excluding hydrogens is 252 g/mol. The number of aryl methyl sites for hydroxylation is 1. The van der Waals surface area contributed by atoms with E-state index in [1.54, 1.807) is 17.2 Å². The van der Waals surface area contributed by atoms with E-state index in [1.165, 1.54) is 0 Å². The van der Waals surface area contributed by atoms with Crippen LogP contribution >= 0.6 is 0 Å². The van der Waals surface area contributed by atoms with Gasteiger partial charge >= 0.3 is 0 Å². The molecule has 4 heteroatoms. The Morgan fingerprint density at radius 1 is 1.25 bits per heavy atom. The quantitative estimate of drug-likeness (QED) is 0.879. The van der Waals surface area contributed by atoms with E-state index in [-0.39, 0.29) is 5.91 Å². The Morgan fingerprint density at radius 2 is 2.00 bits per heavy atom. The van der Waals surface area contributed by atoms with Crippen LogP contribution in [0.25, 0.3) is 0 Å². The van der Waals surface area contributed by atoms with Crippen molar-refractivity contribution in [2.24, 2.45) is 5.73 Å². The highest BCUT2D eigenvalue weighted by Crippen LogP contribution is 2.20. The zero-order valence-electron chi connectivity index (χ0n) is 11.7. The van der Waals surface area contributed by atoms with Crippen LogP contribution in [0.5, 0.6) is 0 Å². The molecule has 0 saturated carbocycles. The molecule has 0 bridgehead atoms. The van der Waals surface area contributed by atoms with Crippen molar-refractivity contribution < 1.29 is 9.21 Å². The lowest BCUT2D eigenvalue weighted by atomic mass is 10.1. The third-order valence-electron chi connectivity index (χ3n) is 3.20. The highest BCUT2D eigenvalue weighted by molar-refractivity contribution is 6.06. The maximum absolute atomic E-state index is 12.7. The molecular formula is C16H20N2O2. The van der Waals surface area contributed by atoms with Gasteiger partial charge in [0.1, 0.15) is 5.76 Å². The predicted molar refractivity (Wildman–Crippen MR) is 79.9 cm³/mol. The number of anilines is 1. The largest absolute Gasteiger partial charge is 0.469 e. The zero-order valence-corrected chi connectivity index (χ0v) is 11.7. The molecule has 106 valence electrons. The smallest absolute Gasteiger partial charge is 0.261 e. The Kier molecular flexibility index (Phi) is 4.96. The van der Waals surface area contributed by atoms with Crippen LogP contribution in [0.2, 0.25) is 0 Å². The molecule has 1 aromatic carbocycles. The molecule has 1 aromatic heterocycles. The number of nitrogens with two attached hydrogens (primary N) is 1. The van der Waals surface area contributed by atoms with Gasteiger partial charge in [-0.25, -0.2) is 0 Å². The molecule has 0 radical (unpaired) electrons. The molecule has 0 spiro atoms. The first-order chi connectivity index (χ1) is 9.77. The van der Waals surface area contributed by atoms with Crippen molar-refractivity contribution in [2.75, 3.05) is 18.0 Å². The predicted octanol–water partition coefficient (Wildman–Crippen LogP) is 2.84. The van der Waals surface area contributed by atoms with Crippen LogP contribution in [0.3, 0.4) is 0 Å². The lowest BCUT2D eigenvalue weighted by Crippen LogP contribution is -2.33. The molecule has 2 aromatic rings. The van der Waals surface area contributed by atoms with E-state index in [0.29, 0.717) is 25.1 Å². The molecule has 0 saturated heterocycles. The van der Waals surface area contributed by atoms with Crippen molar-refractivity contribution in [1.82, 2.24) is 0 Å². The number of rotatable bonds is 6. The summed E-state index contributed by atoms with van der Waals surface area (Å²) in [5.41, 5.74) is 7.09. The maximum atomic E-state index is 12.7. The molecule has 4 nitrogen and oxygen atoms in total. The van der Waals surface area contributed by atoms with E-state index in [1.807, 2.05) is 37.3 Å². The second kappa shape index (κ2) is 6.91. The average Bonchev–Trinajstić information content (AvgIpc) is 2.97. The van der Waals surface area contributed by atoms with E-state index in [0.717, 1.165) is 17.9 Å². The molecule has 20 heavy (non-hydrogen) atoms. The molecule has 2 rings (SSSR count). The molecule has 0 aliphatic heterocycles. The van der Waals surface area contributed by atoms with Gasteiger partial charge in [-0.3, -0.25) is 4.79 Å². The molecule has 0 unspecified atom stereocenters. The average molecular weight is 272 g/mol. The molecule has 0 atom stereocenters. The number of benzene rings is 1. The van der Waals surface area contributed by atoms with Crippen molar-refractivity contribution in [2.45, 2.75) is 19.8 Å². The van der Waals surface area contributed by atoms with Gasteiger partial charge in [-0.1, -0.05) is 25.1 Å². The van der Waals surface area contributed by atoms with Crippen molar-refractivity contribution in [3.63, 3.8) is 0 Å². The number of hydrogen-bond donors (Lipinski definition) is 1. The van der Waals surface area contributed by atoms with E-state index in [2.05, 4.69) is 0 Å². The van der Waals surface area contributed by atoms with Crippen molar-refractivity contribution in [3.8, 4) is 0 Å². The minimum absolute atomic E-state index is 0.0322. The molecule has 2 N–H and O–H groups in total. The highest BCUT2D eigenvalue weighted by Gasteiger charge is 2.21. The zero-order chi connectivity index (χ0) is 14.4. The normalized spacial score (nSPS) is 10.5. The Balaban J connectivity index is 2.29. The van der Waals surface area contributed by atoms with Crippen LogP contribution in [0.1, 0.15) is 29.5 Å². The van der Waals surface area contributed by atoms with Crippen LogP contribution < -0.4 is 10.6 Å². The van der Waals surface area contributed by atoms with Gasteiger partial charge in [-0.05, 0) is 31.2 Å². The summed E-state index contributed by atoms with van der Waals surface area (Å²) in [6.07, 6.45) is 3.03. The minimum Gasteiger partial charge on any atom is -0.469 e. The fourth-order valence-electron chi connectivity index (χ4n) is 2.16. The Labute approximate surface area is 119 Å². The van der Waals surface area contributed by atoms with E-state index >= 15 is 0 Å². The SMILES string of the molecule is CCc1occc1C(=O)N(CCCN)c1ccccc1. The van der Waals surface area contributed by atoms with E-state index in [4.69, 9.17) is 10.2 Å². The van der Waals surface area contributed by atoms with Gasteiger partial charge in [0.15, 0.2) is 0 Å². The number of carbonyl (C=O) groups is 1. The van der Waals surface area contributed by atoms with Crippen LogP contribution in [-0.4, -0.2) is 19.0 Å². The fraction of sp³-hybridized carbons (Fsp3) is 0.312. The summed E-state index contributed by atoms with van der Waals surface area (Å²) in [4.78, 5) is 14.5. The highest BCUT2D eigenvalue weighted by atomic mass is 16.3. The Morgan fingerprint density at radius 3 is 2.65 bits per heavy atom. The number of amides is 1. The molecule has 0 fully saturated rings. The van der Waals surface area contributed by atoms with Crippen LogP contribution in [0.4, 0.5) is 5.69 Å². The maximum Gasteiger partial charge on any atom is 0.261 e. The van der Waals surface area contributed by atoms with Crippen LogP contribution in [0.15, 0.2) is 47.1 Å². The van der Waals surface area contributed by atoms with E-state index in [9.17, 15) is 4.79 Å². The van der Waals surface area contributed by atoms with Crippen LogP contribution in [-0.2, 0) is 6.42 Å². The second-order valence-electron chi connectivity index (χ2n) is 4.55. The molecule has 1 amide bonds. The topological polar surface area (TPSA) is 59.5 Å². The standard InChI is InChI=1S/C16H20N2O2/c1-2-15-14(9-12-20-15)16(19)18(11-6-10-17)13-7-4-3-5-8-13/h3-5,7-9,12H,2,6,10-11,17H2,1H3. The number of hydrogen-bond acceptors (Lipinski definition) is 3. The number of nitrogens with zero attached hydrogens (tertiary/aromatic N) is 1. The lowest BCUT2D eigenvalue weighted by Gasteiger charge is -2.22. The third-order valence-corrected chi connectivity index (χ3v) is 3.20. The van der Waals surface area contributed by atoms with E-state index < -0.39 is 0 Å². The monoisotopic (exact) mass is 272 g/mol. The van der Waals surface area contributed by atoms with Gasteiger partial charge in [0.05, 0.1) is 11.8 Å². The first-order valence-electron chi connectivity index (χ1n) is 6.91. The van der Waals surface area contributed by atoms with Gasteiger partial charge < -0.3 is 15.1 Å². The second-order valence-corrected chi connectivity index (χ2v) is 4.55. The summed E-state index contributed by atoms with van der Waals surface area (Å²) in [6, 6.07) is 11.4. The first-order valence-corrected chi connectivity index (χ1v) is 6.91. The molecule has 1 heterocycles. The number of para-hydroxylation sites is 1. The van der Waals surface area contributed by atoms with Crippen molar-refractivity contribution >= 4 is 11.6 Å². The summed E-state index contributed by atoms with van der Waals surface area (Å²) in [5, 5.41) is 0. The Hall–Kier alpha value is -2.07. The summed E-state index contributed by atoms with van der Waals surface area (Å²) in [7, 11) is 0. The number of furan rings is 1. The van der Waals surface area contributed by atoms with Crippen LogP contribution in [0, 0.1) is 0 Å². The van der Waals surface area contributed by atoms with Gasteiger partial charge in [-0.15, -0.1) is 0 Å². The van der Waals surface area contributed by atoms with Gasteiger partial charge in [-0.2, -0.15) is 0 Å². The fourth-order valence-corrected chi connectivity index (χ4v) is 2.16. The van der Waals surface area contributed by atoms with Gasteiger partial charge in [0, 0.05) is 18.7 Å². The minimum atomic E-state index is -0.0322. The van der Waals surface area contributed by atoms with Gasteiger partial charge in [0.25, 0.3) is 5.91 Å². The summed E-state index contributed by atoms with van der Waals surface area (Å²) < 4.78 is 5.35. The summed E-state index contributed by atoms with van der Waals surface area (Å²) >= 11 is 0. The van der Waals surface area contributed by atoms with Crippen molar-refractivity contribution in [1.29, 1.82) is 0 Å². The third kappa shape index (κ3) is 3.08. The van der Waals surface area contributed by atoms with Gasteiger partial charge in [0.2, 0.25) is 0 Å². The summed E-state index contributed by atoms with van der Waals surface area (Å²) in [5.74, 6) is 0.693. The molecule has 0 aliphatic rings. The lowest BCUT2D eigenvalue weighted by molar-refractivity contribution is 0.0985. The summed E-state index contributed by atoms with van der Waals surface area (Å²) in [6.45, 7) is 3.14.